The molecule has 10 heteroatoms. The number of hydrogen-bond donors (Lipinski definition) is 1. The predicted molar refractivity (Wildman–Crippen MR) is 123 cm³/mol. The van der Waals surface area contributed by atoms with Gasteiger partial charge < -0.3 is 19.7 Å². The number of nitrogens with zero attached hydrogens (tertiary/aromatic N) is 1. The first-order chi connectivity index (χ1) is 17.1. The molecule has 0 radical (unpaired) electrons. The molecule has 4 rings (SSSR count). The van der Waals surface area contributed by atoms with Crippen LogP contribution in [0.4, 0.5) is 17.6 Å². The number of carbonyl (C=O) groups excluding carboxylic acids is 2. The first kappa shape index (κ1) is 25.9. The summed E-state index contributed by atoms with van der Waals surface area (Å²) in [5, 5.41) is 2.82. The van der Waals surface area contributed by atoms with Gasteiger partial charge in [-0.05, 0) is 24.3 Å². The molecule has 2 heterocycles. The van der Waals surface area contributed by atoms with Crippen LogP contribution in [0, 0.1) is 11.2 Å². The van der Waals surface area contributed by atoms with Crippen LogP contribution in [0.1, 0.15) is 36.3 Å². The summed E-state index contributed by atoms with van der Waals surface area (Å²) in [6, 6.07) is 11.4. The first-order valence-electron chi connectivity index (χ1n) is 11.7. The van der Waals surface area contributed by atoms with E-state index in [4.69, 9.17) is 9.47 Å². The molecule has 194 valence electrons. The van der Waals surface area contributed by atoms with Gasteiger partial charge in [0.15, 0.2) is 11.6 Å². The lowest BCUT2D eigenvalue weighted by atomic mass is 9.62. The van der Waals surface area contributed by atoms with Crippen LogP contribution in [0.15, 0.2) is 48.5 Å². The van der Waals surface area contributed by atoms with Gasteiger partial charge in [-0.1, -0.05) is 42.5 Å². The normalized spacial score (nSPS) is 21.6. The molecule has 2 atom stereocenters. The van der Waals surface area contributed by atoms with Crippen molar-refractivity contribution >= 4 is 11.8 Å². The van der Waals surface area contributed by atoms with Crippen molar-refractivity contribution in [3.63, 3.8) is 0 Å². The molecule has 0 aliphatic carbocycles. The number of carbonyl (C=O) groups is 2. The average Bonchev–Trinajstić information content (AvgIpc) is 2.85. The molecule has 1 spiro atoms. The van der Waals surface area contributed by atoms with E-state index in [9.17, 15) is 27.2 Å². The van der Waals surface area contributed by atoms with Crippen LogP contribution >= 0.6 is 0 Å². The molecule has 0 aromatic heterocycles. The lowest BCUT2D eigenvalue weighted by molar-refractivity contribution is -0.271. The SMILES string of the molecule is COc1c(F)cccc1[C@H]1CNC(=O)CC12CCN(C(=O)[C@](OC)(c1ccccc1)C(F)(F)F)CC2. The second-order valence-electron chi connectivity index (χ2n) is 9.30. The van der Waals surface area contributed by atoms with Crippen molar-refractivity contribution in [3.8, 4) is 5.75 Å². The van der Waals surface area contributed by atoms with Gasteiger partial charge >= 0.3 is 6.18 Å². The highest BCUT2D eigenvalue weighted by Crippen LogP contribution is 2.52. The molecule has 0 unspecified atom stereocenters. The zero-order valence-corrected chi connectivity index (χ0v) is 20.0. The molecule has 1 N–H and O–H groups in total. The topological polar surface area (TPSA) is 67.9 Å². The molecule has 2 aliphatic rings. The van der Waals surface area contributed by atoms with Crippen molar-refractivity contribution in [2.75, 3.05) is 33.9 Å². The van der Waals surface area contributed by atoms with Crippen molar-refractivity contribution in [2.45, 2.75) is 37.0 Å². The number of likely N-dealkylation sites (tertiary alicyclic amines) is 1. The van der Waals surface area contributed by atoms with E-state index in [0.717, 1.165) is 12.0 Å². The standard InChI is InChI=1S/C26H28F4N2O4/c1-35-22-18(9-6-10-20(22)27)19-16-31-21(33)15-24(19)11-13-32(14-12-24)23(34)25(36-2,26(28,29)30)17-7-4-3-5-8-17/h3-10,19H,11-16H2,1-2H3,(H,31,33)/t19-,25-/m1/s1. The fourth-order valence-corrected chi connectivity index (χ4v) is 5.70. The van der Waals surface area contributed by atoms with Gasteiger partial charge in [0.05, 0.1) is 7.11 Å². The number of ether oxygens (including phenoxy) is 2. The van der Waals surface area contributed by atoms with Gasteiger partial charge in [-0.2, -0.15) is 13.2 Å². The summed E-state index contributed by atoms with van der Waals surface area (Å²) < 4.78 is 67.9. The molecule has 2 aromatic rings. The fraction of sp³-hybridized carbons (Fsp3) is 0.462. The summed E-state index contributed by atoms with van der Waals surface area (Å²) in [5.41, 5.74) is -3.53. The Morgan fingerprint density at radius 1 is 1.06 bits per heavy atom. The smallest absolute Gasteiger partial charge is 0.430 e. The van der Waals surface area contributed by atoms with Crippen molar-refractivity contribution in [1.29, 1.82) is 0 Å². The van der Waals surface area contributed by atoms with E-state index >= 15 is 0 Å². The van der Waals surface area contributed by atoms with E-state index in [-0.39, 0.29) is 62.0 Å². The van der Waals surface area contributed by atoms with Crippen molar-refractivity contribution < 1.29 is 36.6 Å². The monoisotopic (exact) mass is 508 g/mol. The molecule has 2 fully saturated rings. The Morgan fingerprint density at radius 2 is 1.72 bits per heavy atom. The quantitative estimate of drug-likeness (QED) is 0.617. The van der Waals surface area contributed by atoms with Crippen LogP contribution in [0.3, 0.4) is 0 Å². The van der Waals surface area contributed by atoms with E-state index in [1.165, 1.54) is 37.4 Å². The van der Waals surface area contributed by atoms with Gasteiger partial charge in [-0.25, -0.2) is 4.39 Å². The molecule has 2 aromatic carbocycles. The highest BCUT2D eigenvalue weighted by molar-refractivity contribution is 5.88. The number of benzene rings is 2. The fourth-order valence-electron chi connectivity index (χ4n) is 5.70. The number of alkyl halides is 3. The Hall–Kier alpha value is -3.14. The number of nitrogens with one attached hydrogen (secondary N) is 1. The van der Waals surface area contributed by atoms with Crippen LogP contribution in [0.5, 0.6) is 5.75 Å². The van der Waals surface area contributed by atoms with Crippen LogP contribution in [-0.4, -0.2) is 56.7 Å². The zero-order valence-electron chi connectivity index (χ0n) is 20.0. The van der Waals surface area contributed by atoms with Gasteiger partial charge in [0.25, 0.3) is 11.5 Å². The first-order valence-corrected chi connectivity index (χ1v) is 11.7. The Kier molecular flexibility index (Phi) is 7.01. The third kappa shape index (κ3) is 4.21. The van der Waals surface area contributed by atoms with Crippen LogP contribution in [0.2, 0.25) is 0 Å². The van der Waals surface area contributed by atoms with Crippen LogP contribution in [-0.2, 0) is 19.9 Å². The summed E-state index contributed by atoms with van der Waals surface area (Å²) in [5.74, 6) is -2.17. The molecule has 2 amide bonds. The maximum Gasteiger partial charge on any atom is 0.430 e. The second-order valence-corrected chi connectivity index (χ2v) is 9.30. The number of amides is 2. The minimum absolute atomic E-state index is 0.00569. The number of methoxy groups -OCH3 is 2. The number of halogens is 4. The molecule has 2 aliphatic heterocycles. The summed E-state index contributed by atoms with van der Waals surface area (Å²) in [4.78, 5) is 27.0. The Labute approximate surface area is 206 Å². The average molecular weight is 509 g/mol. The summed E-state index contributed by atoms with van der Waals surface area (Å²) in [7, 11) is 2.24. The molecule has 36 heavy (non-hydrogen) atoms. The summed E-state index contributed by atoms with van der Waals surface area (Å²) in [6.45, 7) is 0.226. The second kappa shape index (κ2) is 9.72. The van der Waals surface area contributed by atoms with Crippen molar-refractivity contribution in [2.24, 2.45) is 5.41 Å². The predicted octanol–water partition coefficient (Wildman–Crippen LogP) is 4.15. The third-order valence-corrected chi connectivity index (χ3v) is 7.57. The van der Waals surface area contributed by atoms with E-state index in [0.29, 0.717) is 5.56 Å². The lowest BCUT2D eigenvalue weighted by Gasteiger charge is -2.50. The molecular weight excluding hydrogens is 480 g/mol. The molecule has 2 saturated heterocycles. The van der Waals surface area contributed by atoms with E-state index in [1.54, 1.807) is 18.2 Å². The van der Waals surface area contributed by atoms with Gasteiger partial charge in [-0.15, -0.1) is 0 Å². The summed E-state index contributed by atoms with van der Waals surface area (Å²) >= 11 is 0. The van der Waals surface area contributed by atoms with Crippen molar-refractivity contribution in [3.05, 3.63) is 65.5 Å². The van der Waals surface area contributed by atoms with Crippen LogP contribution < -0.4 is 10.1 Å². The van der Waals surface area contributed by atoms with E-state index < -0.39 is 28.9 Å². The highest BCUT2D eigenvalue weighted by Gasteiger charge is 2.64. The lowest BCUT2D eigenvalue weighted by Crippen LogP contribution is -2.60. The van der Waals surface area contributed by atoms with Gasteiger partial charge in [-0.3, -0.25) is 9.59 Å². The minimum atomic E-state index is -5.00. The highest BCUT2D eigenvalue weighted by atomic mass is 19.4. The summed E-state index contributed by atoms with van der Waals surface area (Å²) in [6.07, 6.45) is -4.35. The number of para-hydroxylation sites is 1. The van der Waals surface area contributed by atoms with Gasteiger partial charge in [0, 0.05) is 50.2 Å². The number of piperidine rings is 2. The number of rotatable bonds is 5. The number of hydrogen-bond acceptors (Lipinski definition) is 4. The maximum atomic E-state index is 14.5. The van der Waals surface area contributed by atoms with Crippen molar-refractivity contribution in [1.82, 2.24) is 10.2 Å². The Bertz CT molecular complexity index is 1120. The molecule has 0 saturated carbocycles. The molecule has 6 nitrogen and oxygen atoms in total. The van der Waals surface area contributed by atoms with Gasteiger partial charge in [0.2, 0.25) is 5.91 Å². The third-order valence-electron chi connectivity index (χ3n) is 7.57. The van der Waals surface area contributed by atoms with Gasteiger partial charge in [0.1, 0.15) is 0 Å². The minimum Gasteiger partial charge on any atom is -0.493 e. The largest absolute Gasteiger partial charge is 0.493 e. The van der Waals surface area contributed by atoms with Crippen LogP contribution in [0.25, 0.3) is 0 Å². The molecular formula is C26H28F4N2O4. The molecule has 0 bridgehead atoms. The zero-order chi connectivity index (χ0) is 26.1. The maximum absolute atomic E-state index is 14.5. The van der Waals surface area contributed by atoms with E-state index in [1.807, 2.05) is 0 Å². The Balaban J connectivity index is 1.65. The Morgan fingerprint density at radius 3 is 2.31 bits per heavy atom. The van der Waals surface area contributed by atoms with E-state index in [2.05, 4.69) is 5.32 Å².